The summed E-state index contributed by atoms with van der Waals surface area (Å²) in [6.45, 7) is 5.94. The van der Waals surface area contributed by atoms with Crippen LogP contribution >= 0.6 is 0 Å². The van der Waals surface area contributed by atoms with Crippen LogP contribution < -0.4 is 10.3 Å². The van der Waals surface area contributed by atoms with Gasteiger partial charge in [0.15, 0.2) is 0 Å². The van der Waals surface area contributed by atoms with Gasteiger partial charge in [0.1, 0.15) is 5.75 Å². The molecule has 0 aliphatic heterocycles. The van der Waals surface area contributed by atoms with Gasteiger partial charge in [0.25, 0.3) is 0 Å². The lowest BCUT2D eigenvalue weighted by Crippen LogP contribution is -2.54. The van der Waals surface area contributed by atoms with Crippen molar-refractivity contribution in [3.63, 3.8) is 0 Å². The Morgan fingerprint density at radius 2 is 1.83 bits per heavy atom. The van der Waals surface area contributed by atoms with Crippen molar-refractivity contribution in [3.05, 3.63) is 59.7 Å². The van der Waals surface area contributed by atoms with E-state index < -0.39 is 0 Å². The Labute approximate surface area is 178 Å². The molecule has 2 aromatic carbocycles. The number of nitrogens with one attached hydrogen (secondary N) is 1. The molecule has 5 nitrogen and oxygen atoms in total. The first kappa shape index (κ1) is 20.5. The van der Waals surface area contributed by atoms with Crippen molar-refractivity contribution >= 4 is 17.8 Å². The maximum absolute atomic E-state index is 12.8. The van der Waals surface area contributed by atoms with Gasteiger partial charge in [-0.05, 0) is 62.1 Å². The van der Waals surface area contributed by atoms with Crippen molar-refractivity contribution in [2.75, 3.05) is 18.0 Å². The van der Waals surface area contributed by atoms with Gasteiger partial charge in [-0.25, -0.2) is 5.43 Å². The average molecular weight is 406 g/mol. The molecule has 30 heavy (non-hydrogen) atoms. The Balaban J connectivity index is 1.39. The molecule has 2 saturated carbocycles. The molecule has 158 valence electrons. The normalized spacial score (nSPS) is 25.0. The van der Waals surface area contributed by atoms with Crippen LogP contribution in [0.1, 0.15) is 50.2 Å². The fourth-order valence-electron chi connectivity index (χ4n) is 5.47. The molecule has 2 aliphatic rings. The largest absolute Gasteiger partial charge is 0.507 e. The zero-order valence-corrected chi connectivity index (χ0v) is 17.8. The number of carbonyl (C=O) groups is 1. The van der Waals surface area contributed by atoms with Gasteiger partial charge in [-0.2, -0.15) is 5.10 Å². The molecule has 0 aromatic heterocycles. The predicted molar refractivity (Wildman–Crippen MR) is 121 cm³/mol. The van der Waals surface area contributed by atoms with Crippen molar-refractivity contribution in [3.8, 4) is 5.75 Å². The van der Waals surface area contributed by atoms with E-state index in [1.54, 1.807) is 6.07 Å². The standard InChI is InChI=1S/C25H31N3O2/c1-3-28(4-2)19-14-13-18(22(29)15-19)16-26-27-25(30)24-20-11-8-12-21(24)23(20)17-9-6-5-7-10-17/h5-7,9-10,13-16,20-21,23-24,29H,3-4,8,11-12H2,1-2H3,(H,27,30). The number of hydrazone groups is 1. The molecule has 0 spiro atoms. The second-order valence-corrected chi connectivity index (χ2v) is 8.37. The van der Waals surface area contributed by atoms with Crippen LogP contribution in [0, 0.1) is 17.8 Å². The highest BCUT2D eigenvalue weighted by Gasteiger charge is 2.55. The number of rotatable bonds is 7. The van der Waals surface area contributed by atoms with Crippen LogP contribution in [0.15, 0.2) is 53.6 Å². The molecule has 2 atom stereocenters. The van der Waals surface area contributed by atoms with Gasteiger partial charge in [-0.1, -0.05) is 36.8 Å². The van der Waals surface area contributed by atoms with Gasteiger partial charge >= 0.3 is 0 Å². The Bertz CT molecular complexity index is 896. The molecule has 2 aliphatic carbocycles. The van der Waals surface area contributed by atoms with Gasteiger partial charge in [0.2, 0.25) is 5.91 Å². The smallest absolute Gasteiger partial charge is 0.243 e. The maximum atomic E-state index is 12.8. The summed E-state index contributed by atoms with van der Waals surface area (Å²) in [5.41, 5.74) is 5.67. The predicted octanol–water partition coefficient (Wildman–Crippen LogP) is 4.52. The third kappa shape index (κ3) is 3.81. The van der Waals surface area contributed by atoms with Gasteiger partial charge in [0.05, 0.1) is 6.21 Å². The lowest BCUT2D eigenvalue weighted by atomic mass is 9.48. The van der Waals surface area contributed by atoms with E-state index in [2.05, 4.69) is 53.5 Å². The number of fused-ring (bicyclic) bond motifs is 2. The summed E-state index contributed by atoms with van der Waals surface area (Å²) >= 11 is 0. The number of phenolic OH excluding ortho intramolecular Hbond substituents is 1. The summed E-state index contributed by atoms with van der Waals surface area (Å²) in [5, 5.41) is 14.5. The first-order chi connectivity index (χ1) is 14.6. The highest BCUT2D eigenvalue weighted by atomic mass is 16.3. The van der Waals surface area contributed by atoms with Crippen molar-refractivity contribution in [2.24, 2.45) is 22.9 Å². The number of hydrogen-bond donors (Lipinski definition) is 2. The second-order valence-electron chi connectivity index (χ2n) is 8.37. The van der Waals surface area contributed by atoms with E-state index in [-0.39, 0.29) is 17.6 Å². The van der Waals surface area contributed by atoms with Crippen molar-refractivity contribution in [1.29, 1.82) is 0 Å². The van der Waals surface area contributed by atoms with E-state index >= 15 is 0 Å². The highest BCUT2D eigenvalue weighted by Crippen LogP contribution is 2.59. The molecule has 2 unspecified atom stereocenters. The second kappa shape index (κ2) is 8.90. The average Bonchev–Trinajstić information content (AvgIpc) is 2.77. The first-order valence-electron chi connectivity index (χ1n) is 11.1. The number of carbonyl (C=O) groups excluding carboxylic acids is 1. The zero-order valence-electron chi connectivity index (χ0n) is 17.8. The Kier molecular flexibility index (Phi) is 6.07. The third-order valence-electron chi connectivity index (χ3n) is 6.93. The van der Waals surface area contributed by atoms with Crippen molar-refractivity contribution in [1.82, 2.24) is 5.43 Å². The molecule has 2 aromatic rings. The minimum Gasteiger partial charge on any atom is -0.507 e. The fourth-order valence-corrected chi connectivity index (χ4v) is 5.47. The van der Waals surface area contributed by atoms with E-state index in [1.165, 1.54) is 18.2 Å². The number of aromatic hydroxyl groups is 1. The lowest BCUT2D eigenvalue weighted by molar-refractivity contribution is -0.140. The molecular formula is C25H31N3O2. The molecule has 0 radical (unpaired) electrons. The molecule has 2 fully saturated rings. The molecule has 2 N–H and O–H groups in total. The topological polar surface area (TPSA) is 64.9 Å². The minimum atomic E-state index is 0.00684. The summed E-state index contributed by atoms with van der Waals surface area (Å²) in [5.74, 6) is 1.52. The van der Waals surface area contributed by atoms with E-state index in [0.717, 1.165) is 31.6 Å². The fraction of sp³-hybridized carbons (Fsp3) is 0.440. The van der Waals surface area contributed by atoms with E-state index in [9.17, 15) is 9.90 Å². The zero-order chi connectivity index (χ0) is 21.1. The minimum absolute atomic E-state index is 0.00684. The van der Waals surface area contributed by atoms with Crippen LogP contribution in [0.5, 0.6) is 5.75 Å². The third-order valence-corrected chi connectivity index (χ3v) is 6.93. The summed E-state index contributed by atoms with van der Waals surface area (Å²) in [4.78, 5) is 15.0. The van der Waals surface area contributed by atoms with E-state index in [4.69, 9.17) is 0 Å². The Morgan fingerprint density at radius 1 is 1.13 bits per heavy atom. The van der Waals surface area contributed by atoms with Gasteiger partial charge in [-0.15, -0.1) is 0 Å². The van der Waals surface area contributed by atoms with Gasteiger partial charge in [-0.3, -0.25) is 4.79 Å². The first-order valence-corrected chi connectivity index (χ1v) is 11.1. The summed E-state index contributed by atoms with van der Waals surface area (Å²) in [7, 11) is 0. The van der Waals surface area contributed by atoms with E-state index in [1.807, 2.05) is 18.2 Å². The molecule has 0 saturated heterocycles. The van der Waals surface area contributed by atoms with Crippen LogP contribution in [0.25, 0.3) is 0 Å². The molecular weight excluding hydrogens is 374 g/mol. The number of hydrogen-bond acceptors (Lipinski definition) is 4. The number of benzene rings is 2. The summed E-state index contributed by atoms with van der Waals surface area (Å²) in [6.07, 6.45) is 4.94. The van der Waals surface area contributed by atoms with Crippen LogP contribution in [0.2, 0.25) is 0 Å². The van der Waals surface area contributed by atoms with E-state index in [0.29, 0.717) is 23.3 Å². The van der Waals surface area contributed by atoms with Crippen LogP contribution in [0.4, 0.5) is 5.69 Å². The van der Waals surface area contributed by atoms with Crippen molar-refractivity contribution in [2.45, 2.75) is 39.0 Å². The maximum Gasteiger partial charge on any atom is 0.243 e. The molecule has 5 heteroatoms. The molecule has 2 bridgehead atoms. The Hall–Kier alpha value is -2.82. The van der Waals surface area contributed by atoms with Crippen LogP contribution in [-0.2, 0) is 4.79 Å². The SMILES string of the molecule is CCN(CC)c1ccc(C=NNC(=O)C2C3CCCC2C3c2ccccc2)c(O)c1. The van der Waals surface area contributed by atoms with Crippen molar-refractivity contribution < 1.29 is 9.90 Å². The number of nitrogens with zero attached hydrogens (tertiary/aromatic N) is 2. The molecule has 4 rings (SSSR count). The number of phenols is 1. The van der Waals surface area contributed by atoms with Crippen LogP contribution in [-0.4, -0.2) is 30.3 Å². The summed E-state index contributed by atoms with van der Waals surface area (Å²) < 4.78 is 0. The Morgan fingerprint density at radius 3 is 2.47 bits per heavy atom. The number of anilines is 1. The van der Waals surface area contributed by atoms with Gasteiger partial charge in [0, 0.05) is 36.3 Å². The number of amides is 1. The van der Waals surface area contributed by atoms with Crippen LogP contribution in [0.3, 0.4) is 0 Å². The lowest BCUT2D eigenvalue weighted by Gasteiger charge is -2.55. The summed E-state index contributed by atoms with van der Waals surface area (Å²) in [6, 6.07) is 16.1. The molecule has 0 heterocycles. The van der Waals surface area contributed by atoms with Gasteiger partial charge < -0.3 is 10.0 Å². The quantitative estimate of drug-likeness (QED) is 0.526. The highest BCUT2D eigenvalue weighted by molar-refractivity contribution is 5.87. The molecule has 1 amide bonds. The monoisotopic (exact) mass is 405 g/mol.